The van der Waals surface area contributed by atoms with Gasteiger partial charge in [0.25, 0.3) is 0 Å². The van der Waals surface area contributed by atoms with Crippen LogP contribution in [0.5, 0.6) is 0 Å². The highest BCUT2D eigenvalue weighted by Crippen LogP contribution is 2.37. The van der Waals surface area contributed by atoms with Gasteiger partial charge in [0.05, 0.1) is 37.2 Å². The molecule has 5 rings (SSSR count). The molecule has 28 heavy (non-hydrogen) atoms. The van der Waals surface area contributed by atoms with Crippen molar-refractivity contribution in [2.75, 3.05) is 49.3 Å². The Bertz CT molecular complexity index is 955. The number of aromatic amines is 1. The summed E-state index contributed by atoms with van der Waals surface area (Å²) < 4.78 is 5.52. The number of nitrogens with one attached hydrogen (secondary N) is 1. The van der Waals surface area contributed by atoms with Gasteiger partial charge in [-0.05, 0) is 25.0 Å². The second kappa shape index (κ2) is 7.37. The van der Waals surface area contributed by atoms with Crippen LogP contribution in [0.4, 0.5) is 11.5 Å². The van der Waals surface area contributed by atoms with Gasteiger partial charge in [-0.2, -0.15) is 5.10 Å². The molecule has 2 saturated heterocycles. The number of aliphatic hydroxyl groups excluding tert-OH is 1. The second-order valence-electron chi connectivity index (χ2n) is 7.30. The van der Waals surface area contributed by atoms with Crippen molar-refractivity contribution < 1.29 is 9.84 Å². The van der Waals surface area contributed by atoms with Crippen LogP contribution in [-0.4, -0.2) is 70.8 Å². The molecule has 0 aromatic carbocycles. The Kier molecular flexibility index (Phi) is 4.58. The predicted molar refractivity (Wildman–Crippen MR) is 108 cm³/mol. The van der Waals surface area contributed by atoms with Crippen molar-refractivity contribution in [2.24, 2.45) is 0 Å². The minimum absolute atomic E-state index is 0.145. The minimum Gasteiger partial charge on any atom is -0.394 e. The second-order valence-corrected chi connectivity index (χ2v) is 7.30. The van der Waals surface area contributed by atoms with Crippen LogP contribution in [-0.2, 0) is 4.74 Å². The van der Waals surface area contributed by atoms with Gasteiger partial charge in [-0.25, -0.2) is 4.98 Å². The number of nitrogens with zero attached hydrogens (tertiary/aromatic N) is 5. The van der Waals surface area contributed by atoms with Crippen LogP contribution in [0.25, 0.3) is 22.3 Å². The lowest BCUT2D eigenvalue weighted by atomic mass is 10.1. The molecule has 0 spiro atoms. The Morgan fingerprint density at radius 2 is 2.07 bits per heavy atom. The van der Waals surface area contributed by atoms with Crippen molar-refractivity contribution in [1.29, 1.82) is 0 Å². The first-order valence-electron chi connectivity index (χ1n) is 9.85. The van der Waals surface area contributed by atoms with Gasteiger partial charge in [-0.3, -0.25) is 10.1 Å². The first kappa shape index (κ1) is 17.4. The number of pyridine rings is 2. The van der Waals surface area contributed by atoms with Gasteiger partial charge >= 0.3 is 0 Å². The molecule has 5 heterocycles. The summed E-state index contributed by atoms with van der Waals surface area (Å²) in [7, 11) is 0. The van der Waals surface area contributed by atoms with Gasteiger partial charge in [-0.1, -0.05) is 0 Å². The molecule has 8 heteroatoms. The van der Waals surface area contributed by atoms with Crippen LogP contribution in [0, 0.1) is 0 Å². The summed E-state index contributed by atoms with van der Waals surface area (Å²) in [5.74, 6) is 0.933. The normalized spacial score (nSPS) is 20.2. The molecule has 0 bridgehead atoms. The first-order valence-corrected chi connectivity index (χ1v) is 9.85. The van der Waals surface area contributed by atoms with Crippen LogP contribution in [0.3, 0.4) is 0 Å². The molecular formula is C20H24N6O2. The molecule has 0 saturated carbocycles. The SMILES string of the molecule is OC[C@H]1CCCN1c1cc(N2CCOCC2)nc2c(-c3ccn[nH]3)nccc12. The quantitative estimate of drug-likeness (QED) is 0.713. The average molecular weight is 380 g/mol. The van der Waals surface area contributed by atoms with Gasteiger partial charge in [0.2, 0.25) is 0 Å². The van der Waals surface area contributed by atoms with E-state index in [0.29, 0.717) is 13.2 Å². The molecule has 2 fully saturated rings. The number of anilines is 2. The van der Waals surface area contributed by atoms with E-state index in [4.69, 9.17) is 9.72 Å². The Balaban J connectivity index is 1.71. The predicted octanol–water partition coefficient (Wildman–Crippen LogP) is 1.82. The van der Waals surface area contributed by atoms with Crippen molar-refractivity contribution in [2.45, 2.75) is 18.9 Å². The number of aliphatic hydroxyl groups is 1. The molecule has 0 unspecified atom stereocenters. The highest BCUT2D eigenvalue weighted by atomic mass is 16.5. The number of hydrogen-bond acceptors (Lipinski definition) is 7. The topological polar surface area (TPSA) is 90.4 Å². The maximum absolute atomic E-state index is 9.88. The van der Waals surface area contributed by atoms with Gasteiger partial charge < -0.3 is 19.6 Å². The highest BCUT2D eigenvalue weighted by Gasteiger charge is 2.27. The Labute approximate surface area is 163 Å². The Hall–Kier alpha value is -2.71. The smallest absolute Gasteiger partial charge is 0.131 e. The average Bonchev–Trinajstić information content (AvgIpc) is 3.45. The third kappa shape index (κ3) is 2.98. The standard InChI is InChI=1S/C20H24N6O2/c27-13-14-2-1-7-26(14)17-12-18(25-8-10-28-11-9-25)23-19-15(17)3-5-21-20(19)16-4-6-22-24-16/h3-6,12,14,27H,1-2,7-11,13H2,(H,22,24)/t14-/m1/s1. The molecule has 2 aliphatic heterocycles. The number of morpholine rings is 1. The third-order valence-electron chi connectivity index (χ3n) is 5.68. The number of fused-ring (bicyclic) bond motifs is 1. The van der Waals surface area contributed by atoms with E-state index < -0.39 is 0 Å². The number of ether oxygens (including phenoxy) is 1. The maximum atomic E-state index is 9.88. The molecule has 8 nitrogen and oxygen atoms in total. The monoisotopic (exact) mass is 380 g/mol. The zero-order valence-corrected chi connectivity index (χ0v) is 15.7. The zero-order valence-electron chi connectivity index (χ0n) is 15.7. The maximum Gasteiger partial charge on any atom is 0.131 e. The largest absolute Gasteiger partial charge is 0.394 e. The number of aromatic nitrogens is 4. The van der Waals surface area contributed by atoms with Crippen LogP contribution >= 0.6 is 0 Å². The summed E-state index contributed by atoms with van der Waals surface area (Å²) in [5, 5.41) is 18.0. The lowest BCUT2D eigenvalue weighted by molar-refractivity contribution is 0.122. The summed E-state index contributed by atoms with van der Waals surface area (Å²) in [5.41, 5.74) is 3.62. The zero-order chi connectivity index (χ0) is 18.9. The van der Waals surface area contributed by atoms with E-state index >= 15 is 0 Å². The Morgan fingerprint density at radius 1 is 1.18 bits per heavy atom. The molecule has 146 valence electrons. The molecule has 2 N–H and O–H groups in total. The van der Waals surface area contributed by atoms with Crippen molar-refractivity contribution in [3.05, 3.63) is 30.6 Å². The summed E-state index contributed by atoms with van der Waals surface area (Å²) in [6.45, 7) is 4.16. The van der Waals surface area contributed by atoms with E-state index in [1.165, 1.54) is 0 Å². The van der Waals surface area contributed by atoms with E-state index in [9.17, 15) is 5.11 Å². The van der Waals surface area contributed by atoms with Crippen LogP contribution in [0.15, 0.2) is 30.6 Å². The van der Waals surface area contributed by atoms with E-state index in [1.54, 1.807) is 6.20 Å². The van der Waals surface area contributed by atoms with Crippen molar-refractivity contribution in [3.8, 4) is 11.4 Å². The molecule has 0 aliphatic carbocycles. The van der Waals surface area contributed by atoms with Crippen molar-refractivity contribution in [3.63, 3.8) is 0 Å². The summed E-state index contributed by atoms with van der Waals surface area (Å²) in [6, 6.07) is 6.25. The van der Waals surface area contributed by atoms with Gasteiger partial charge in [0, 0.05) is 43.5 Å². The van der Waals surface area contributed by atoms with E-state index in [1.807, 2.05) is 18.3 Å². The number of hydrogen-bond donors (Lipinski definition) is 2. The van der Waals surface area contributed by atoms with E-state index in [2.05, 4.69) is 31.0 Å². The van der Waals surface area contributed by atoms with Crippen molar-refractivity contribution in [1.82, 2.24) is 20.2 Å². The van der Waals surface area contributed by atoms with E-state index in [-0.39, 0.29) is 12.6 Å². The third-order valence-corrected chi connectivity index (χ3v) is 5.68. The first-order chi connectivity index (χ1) is 13.8. The lowest BCUT2D eigenvalue weighted by Gasteiger charge is -2.31. The number of rotatable bonds is 4. The van der Waals surface area contributed by atoms with Gasteiger partial charge in [0.15, 0.2) is 0 Å². The highest BCUT2D eigenvalue weighted by molar-refractivity contribution is 6.00. The van der Waals surface area contributed by atoms with Gasteiger partial charge in [-0.15, -0.1) is 0 Å². The minimum atomic E-state index is 0.145. The molecule has 1 atom stereocenters. The fraction of sp³-hybridized carbons (Fsp3) is 0.450. The molecule has 3 aromatic rings. The summed E-state index contributed by atoms with van der Waals surface area (Å²) in [6.07, 6.45) is 5.64. The van der Waals surface area contributed by atoms with Gasteiger partial charge in [0.1, 0.15) is 17.0 Å². The van der Waals surface area contributed by atoms with E-state index in [0.717, 1.165) is 66.3 Å². The number of H-pyrrole nitrogens is 1. The summed E-state index contributed by atoms with van der Waals surface area (Å²) >= 11 is 0. The fourth-order valence-electron chi connectivity index (χ4n) is 4.24. The Morgan fingerprint density at radius 3 is 2.86 bits per heavy atom. The van der Waals surface area contributed by atoms with Crippen LogP contribution in [0.2, 0.25) is 0 Å². The molecule has 0 amide bonds. The fourth-order valence-corrected chi connectivity index (χ4v) is 4.24. The lowest BCUT2D eigenvalue weighted by Crippen LogP contribution is -2.37. The summed E-state index contributed by atoms with van der Waals surface area (Å²) in [4.78, 5) is 14.2. The molecular weight excluding hydrogens is 356 g/mol. The molecule has 3 aromatic heterocycles. The van der Waals surface area contributed by atoms with Crippen LogP contribution in [0.1, 0.15) is 12.8 Å². The van der Waals surface area contributed by atoms with Crippen LogP contribution < -0.4 is 9.80 Å². The molecule has 0 radical (unpaired) electrons. The van der Waals surface area contributed by atoms with Crippen molar-refractivity contribution >= 4 is 22.4 Å². The molecule has 2 aliphatic rings.